The van der Waals surface area contributed by atoms with Gasteiger partial charge in [-0.1, -0.05) is 59.6 Å². The van der Waals surface area contributed by atoms with Crippen LogP contribution in [-0.2, 0) is 21.7 Å². The summed E-state index contributed by atoms with van der Waals surface area (Å²) in [6, 6.07) is 14.0. The molecule has 0 heterocycles. The minimum absolute atomic E-state index is 0.132. The monoisotopic (exact) mass is 438 g/mol. The van der Waals surface area contributed by atoms with Crippen LogP contribution in [0.25, 0.3) is 0 Å². The molecule has 29 heavy (non-hydrogen) atoms. The van der Waals surface area contributed by atoms with E-state index in [2.05, 4.69) is 10.5 Å². The molecule has 2 rings (SSSR count). The number of rotatable bonds is 5. The largest absolute Gasteiger partial charge is 0.473 e. The zero-order valence-electron chi connectivity index (χ0n) is 16.7. The smallest absolute Gasteiger partial charge is 0.428 e. The van der Waals surface area contributed by atoms with Gasteiger partial charge in [0.25, 0.3) is 0 Å². The number of hydrogen-bond acceptors (Lipinski definition) is 5. The van der Waals surface area contributed by atoms with E-state index in [-0.39, 0.29) is 17.5 Å². The lowest BCUT2D eigenvalue weighted by Gasteiger charge is -2.26. The summed E-state index contributed by atoms with van der Waals surface area (Å²) >= 11 is 12.1. The van der Waals surface area contributed by atoms with Crippen LogP contribution in [0.15, 0.2) is 53.6 Å². The van der Waals surface area contributed by atoms with Crippen molar-refractivity contribution in [2.45, 2.75) is 45.5 Å². The van der Waals surface area contributed by atoms with Gasteiger partial charge in [0.1, 0.15) is 12.2 Å². The first-order chi connectivity index (χ1) is 13.5. The zero-order valence-corrected chi connectivity index (χ0v) is 18.2. The molecule has 0 aliphatic carbocycles. The molecule has 2 aromatic rings. The van der Waals surface area contributed by atoms with Gasteiger partial charge in [-0.3, -0.25) is 0 Å². The average Bonchev–Trinajstić information content (AvgIpc) is 2.63. The number of ether oxygens (including phenoxy) is 2. The Morgan fingerprint density at radius 1 is 1.07 bits per heavy atom. The lowest BCUT2D eigenvalue weighted by atomic mass is 9.96. The maximum atomic E-state index is 12.0. The van der Waals surface area contributed by atoms with Crippen molar-refractivity contribution in [3.63, 3.8) is 0 Å². The fraction of sp³-hybridized carbons (Fsp3) is 0.333. The number of nitrogens with zero attached hydrogens (tertiary/aromatic N) is 1. The average molecular weight is 439 g/mol. The summed E-state index contributed by atoms with van der Waals surface area (Å²) in [5, 5.41) is 15.7. The summed E-state index contributed by atoms with van der Waals surface area (Å²) < 4.78 is 10.9. The van der Waals surface area contributed by atoms with Crippen LogP contribution in [0.1, 0.15) is 38.8 Å². The maximum absolute atomic E-state index is 12.0. The van der Waals surface area contributed by atoms with Crippen LogP contribution in [0.3, 0.4) is 0 Å². The Balaban J connectivity index is 2.29. The molecule has 0 radical (unpaired) electrons. The first-order valence-electron chi connectivity index (χ1n) is 8.91. The summed E-state index contributed by atoms with van der Waals surface area (Å²) in [7, 11) is 0. The molecule has 0 spiro atoms. The third-order valence-corrected chi connectivity index (χ3v) is 4.50. The number of halogens is 2. The van der Waals surface area contributed by atoms with Gasteiger partial charge in [-0.25, -0.2) is 10.2 Å². The number of nitrogens with one attached hydrogen (secondary N) is 1. The van der Waals surface area contributed by atoms with Gasteiger partial charge in [0.05, 0.1) is 10.0 Å². The van der Waals surface area contributed by atoms with Crippen molar-refractivity contribution >= 4 is 35.2 Å². The van der Waals surface area contributed by atoms with E-state index in [0.29, 0.717) is 10.6 Å². The van der Waals surface area contributed by atoms with E-state index in [1.807, 2.05) is 30.3 Å². The molecule has 0 aliphatic rings. The Hall–Kier alpha value is -2.28. The molecule has 6 nitrogen and oxygen atoms in total. The Kier molecular flexibility index (Phi) is 7.52. The quantitative estimate of drug-likeness (QED) is 0.379. The summed E-state index contributed by atoms with van der Waals surface area (Å²) in [6.07, 6.45) is -0.775. The molecule has 0 aromatic heterocycles. The van der Waals surface area contributed by atoms with Crippen molar-refractivity contribution in [2.75, 3.05) is 0 Å². The van der Waals surface area contributed by atoms with Gasteiger partial charge in [0.15, 0.2) is 5.60 Å². The standard InChI is InChI=1S/C21H24Cl2N2O4/c1-20(2,3)29-19(26)25-24-18(28-13-14-8-6-5-7-9-14)21(4,27)15-10-11-16(22)17(23)12-15/h5-12,27H,13H2,1-4H3,(H,25,26)/b24-18+. The predicted molar refractivity (Wildman–Crippen MR) is 114 cm³/mol. The van der Waals surface area contributed by atoms with Gasteiger partial charge in [-0.15, -0.1) is 5.10 Å². The van der Waals surface area contributed by atoms with E-state index in [9.17, 15) is 9.90 Å². The Bertz CT molecular complexity index is 878. The molecule has 0 aliphatic heterocycles. The van der Waals surface area contributed by atoms with Crippen LogP contribution in [0, 0.1) is 0 Å². The number of carbonyl (C=O) groups is 1. The fourth-order valence-corrected chi connectivity index (χ4v) is 2.63. The third kappa shape index (κ3) is 6.92. The van der Waals surface area contributed by atoms with Crippen molar-refractivity contribution in [1.82, 2.24) is 5.43 Å². The highest BCUT2D eigenvalue weighted by Gasteiger charge is 2.33. The lowest BCUT2D eigenvalue weighted by Crippen LogP contribution is -2.37. The predicted octanol–water partition coefficient (Wildman–Crippen LogP) is 5.26. The van der Waals surface area contributed by atoms with E-state index in [1.54, 1.807) is 32.9 Å². The highest BCUT2D eigenvalue weighted by atomic mass is 35.5. The lowest BCUT2D eigenvalue weighted by molar-refractivity contribution is 0.0517. The number of benzene rings is 2. The van der Waals surface area contributed by atoms with Crippen LogP contribution in [0.4, 0.5) is 4.79 Å². The van der Waals surface area contributed by atoms with Gasteiger partial charge < -0.3 is 14.6 Å². The van der Waals surface area contributed by atoms with E-state index >= 15 is 0 Å². The van der Waals surface area contributed by atoms with Crippen LogP contribution in [0.2, 0.25) is 10.0 Å². The van der Waals surface area contributed by atoms with E-state index in [4.69, 9.17) is 32.7 Å². The van der Waals surface area contributed by atoms with Crippen LogP contribution < -0.4 is 5.43 Å². The molecule has 0 fully saturated rings. The number of carbonyl (C=O) groups excluding carboxylic acids is 1. The van der Waals surface area contributed by atoms with Gasteiger partial charge >= 0.3 is 6.09 Å². The fourth-order valence-electron chi connectivity index (χ4n) is 2.33. The Morgan fingerprint density at radius 2 is 1.72 bits per heavy atom. The summed E-state index contributed by atoms with van der Waals surface area (Å²) in [5.74, 6) is -0.134. The van der Waals surface area contributed by atoms with Crippen molar-refractivity contribution in [3.05, 3.63) is 69.7 Å². The molecule has 0 saturated carbocycles. The first-order valence-corrected chi connectivity index (χ1v) is 9.66. The second kappa shape index (κ2) is 9.48. The van der Waals surface area contributed by atoms with Crippen LogP contribution in [-0.4, -0.2) is 22.7 Å². The van der Waals surface area contributed by atoms with Crippen molar-refractivity contribution < 1.29 is 19.4 Å². The summed E-state index contributed by atoms with van der Waals surface area (Å²) in [6.45, 7) is 6.80. The molecule has 156 valence electrons. The molecular formula is C21H24Cl2N2O4. The third-order valence-electron chi connectivity index (χ3n) is 3.76. The van der Waals surface area contributed by atoms with Crippen molar-refractivity contribution in [3.8, 4) is 0 Å². The minimum atomic E-state index is -1.70. The Morgan fingerprint density at radius 3 is 2.31 bits per heavy atom. The highest BCUT2D eigenvalue weighted by Crippen LogP contribution is 2.30. The van der Waals surface area contributed by atoms with Gasteiger partial charge in [0, 0.05) is 0 Å². The molecule has 8 heteroatoms. The molecule has 0 saturated heterocycles. The summed E-state index contributed by atoms with van der Waals surface area (Å²) in [5.41, 5.74) is 1.12. The van der Waals surface area contributed by atoms with E-state index < -0.39 is 17.3 Å². The Labute approximate surface area is 180 Å². The molecule has 2 aromatic carbocycles. The van der Waals surface area contributed by atoms with Gasteiger partial charge in [0.2, 0.25) is 5.90 Å². The molecule has 0 bridgehead atoms. The molecule has 1 atom stereocenters. The second-order valence-electron chi connectivity index (χ2n) is 7.51. The minimum Gasteiger partial charge on any atom is -0.473 e. The topological polar surface area (TPSA) is 80.2 Å². The van der Waals surface area contributed by atoms with Gasteiger partial charge in [-0.05, 0) is 51.0 Å². The van der Waals surface area contributed by atoms with E-state index in [1.165, 1.54) is 13.0 Å². The normalized spacial score (nSPS) is 14.1. The molecule has 1 unspecified atom stereocenters. The molecule has 1 amide bonds. The second-order valence-corrected chi connectivity index (χ2v) is 8.32. The molecular weight excluding hydrogens is 415 g/mol. The zero-order chi connectivity index (χ0) is 21.7. The highest BCUT2D eigenvalue weighted by molar-refractivity contribution is 6.42. The van der Waals surface area contributed by atoms with Crippen LogP contribution >= 0.6 is 23.2 Å². The summed E-state index contributed by atoms with van der Waals surface area (Å²) in [4.78, 5) is 12.0. The number of amides is 1. The van der Waals surface area contributed by atoms with Crippen LogP contribution in [0.5, 0.6) is 0 Å². The van der Waals surface area contributed by atoms with Crippen molar-refractivity contribution in [2.24, 2.45) is 5.10 Å². The van der Waals surface area contributed by atoms with Gasteiger partial charge in [-0.2, -0.15) is 0 Å². The SMILES string of the molecule is CC(C)(C)OC(=O)N/N=C(/OCc1ccccc1)C(C)(O)c1ccc(Cl)c(Cl)c1. The van der Waals surface area contributed by atoms with E-state index in [0.717, 1.165) is 5.56 Å². The molecule has 2 N–H and O–H groups in total. The maximum Gasteiger partial charge on any atom is 0.428 e. The number of aliphatic hydroxyl groups is 1. The number of hydrogen-bond donors (Lipinski definition) is 2. The first kappa shape index (κ1) is 23.0. The number of hydrazone groups is 1. The van der Waals surface area contributed by atoms with Crippen molar-refractivity contribution in [1.29, 1.82) is 0 Å².